The lowest BCUT2D eigenvalue weighted by Crippen LogP contribution is -2.16. The van der Waals surface area contributed by atoms with Gasteiger partial charge in [-0.05, 0) is 49.2 Å². The normalized spacial score (nSPS) is 16.6. The molecule has 1 N–H and O–H groups in total. The number of benzene rings is 1. The number of aryl methyl sites for hydroxylation is 2. The molecule has 27 heavy (non-hydrogen) atoms. The Morgan fingerprint density at radius 3 is 2.89 bits per heavy atom. The fraction of sp³-hybridized carbons (Fsp3) is 0.250. The Bertz CT molecular complexity index is 1000. The van der Waals surface area contributed by atoms with Gasteiger partial charge in [-0.15, -0.1) is 11.8 Å². The zero-order chi connectivity index (χ0) is 19.0. The van der Waals surface area contributed by atoms with Crippen LogP contribution in [0.1, 0.15) is 28.9 Å². The van der Waals surface area contributed by atoms with Crippen LogP contribution in [0.15, 0.2) is 47.1 Å². The number of nitrogens with one attached hydrogen (secondary N) is 1. The molecule has 4 rings (SSSR count). The third kappa shape index (κ3) is 3.41. The van der Waals surface area contributed by atoms with Crippen LogP contribution in [0.3, 0.4) is 0 Å². The van der Waals surface area contributed by atoms with E-state index in [0.717, 1.165) is 27.2 Å². The largest absolute Gasteiger partial charge is 0.310 e. The number of carbonyl (C=O) groups excluding carboxylic acids is 1. The van der Waals surface area contributed by atoms with Gasteiger partial charge in [-0.25, -0.2) is 4.68 Å². The Morgan fingerprint density at radius 1 is 1.33 bits per heavy atom. The molecule has 1 aliphatic heterocycles. The number of halogens is 1. The Kier molecular flexibility index (Phi) is 5.06. The van der Waals surface area contributed by atoms with Gasteiger partial charge in [0.25, 0.3) is 0 Å². The number of nitrogens with zero attached hydrogens (tertiary/aromatic N) is 3. The number of hydrogen-bond acceptors (Lipinski definition) is 4. The van der Waals surface area contributed by atoms with Crippen LogP contribution in [0.2, 0.25) is 0 Å². The summed E-state index contributed by atoms with van der Waals surface area (Å²) in [5, 5.41) is 7.87. The van der Waals surface area contributed by atoms with Crippen LogP contribution >= 0.6 is 27.7 Å². The van der Waals surface area contributed by atoms with Crippen LogP contribution in [0.4, 0.5) is 5.82 Å². The number of anilines is 1. The lowest BCUT2D eigenvalue weighted by Gasteiger charge is -2.18. The van der Waals surface area contributed by atoms with Gasteiger partial charge < -0.3 is 5.32 Å². The molecule has 1 amide bonds. The molecule has 0 spiro atoms. The summed E-state index contributed by atoms with van der Waals surface area (Å²) in [7, 11) is 0. The first-order valence-electron chi connectivity index (χ1n) is 8.78. The van der Waals surface area contributed by atoms with E-state index < -0.39 is 0 Å². The molecule has 3 heterocycles. The second-order valence-corrected chi connectivity index (χ2v) is 8.39. The maximum absolute atomic E-state index is 12.4. The topological polar surface area (TPSA) is 59.8 Å². The predicted octanol–water partition coefficient (Wildman–Crippen LogP) is 4.81. The van der Waals surface area contributed by atoms with Crippen molar-refractivity contribution in [1.82, 2.24) is 14.8 Å². The highest BCUT2D eigenvalue weighted by atomic mass is 79.9. The van der Waals surface area contributed by atoms with Gasteiger partial charge in [0.2, 0.25) is 5.91 Å². The highest BCUT2D eigenvalue weighted by molar-refractivity contribution is 9.10. The van der Waals surface area contributed by atoms with E-state index in [1.807, 2.05) is 35.9 Å². The zero-order valence-corrected chi connectivity index (χ0v) is 17.5. The van der Waals surface area contributed by atoms with Gasteiger partial charge in [0, 0.05) is 22.8 Å². The summed E-state index contributed by atoms with van der Waals surface area (Å²) in [6.45, 7) is 4.80. The molecule has 138 valence electrons. The van der Waals surface area contributed by atoms with E-state index in [9.17, 15) is 4.79 Å². The summed E-state index contributed by atoms with van der Waals surface area (Å²) in [6, 6.07) is 12.1. The van der Waals surface area contributed by atoms with Gasteiger partial charge in [-0.1, -0.05) is 28.1 Å². The molecule has 1 aliphatic rings. The van der Waals surface area contributed by atoms with E-state index in [-0.39, 0.29) is 11.2 Å². The average Bonchev–Trinajstić information content (AvgIpc) is 2.93. The first-order chi connectivity index (χ1) is 13.1. The van der Waals surface area contributed by atoms with Crippen molar-refractivity contribution >= 4 is 39.4 Å². The van der Waals surface area contributed by atoms with Crippen molar-refractivity contribution in [3.8, 4) is 11.4 Å². The molecule has 0 saturated heterocycles. The number of hydrogen-bond donors (Lipinski definition) is 1. The fourth-order valence-corrected chi connectivity index (χ4v) is 5.07. The number of thioether (sulfide) groups is 1. The molecule has 3 aromatic rings. The molecular weight excluding hydrogens is 424 g/mol. The van der Waals surface area contributed by atoms with Crippen LogP contribution in [-0.4, -0.2) is 26.4 Å². The van der Waals surface area contributed by atoms with Crippen LogP contribution < -0.4 is 5.32 Å². The lowest BCUT2D eigenvalue weighted by atomic mass is 9.98. The molecule has 0 bridgehead atoms. The molecule has 1 atom stereocenters. The molecule has 7 heteroatoms. The van der Waals surface area contributed by atoms with Crippen molar-refractivity contribution in [3.05, 3.63) is 63.8 Å². The van der Waals surface area contributed by atoms with Crippen molar-refractivity contribution in [3.63, 3.8) is 0 Å². The SMILES string of the molecule is CCn1nc(-c2ccccn2)c2c1NC(=O)CSC2c1ccc(Br)cc1C. The van der Waals surface area contributed by atoms with Gasteiger partial charge in [0.1, 0.15) is 11.5 Å². The van der Waals surface area contributed by atoms with Crippen molar-refractivity contribution in [1.29, 1.82) is 0 Å². The number of aromatic nitrogens is 3. The Hall–Kier alpha value is -2.12. The first kappa shape index (κ1) is 18.3. The molecule has 1 aromatic carbocycles. The lowest BCUT2D eigenvalue weighted by molar-refractivity contribution is -0.113. The number of carbonyl (C=O) groups is 1. The van der Waals surface area contributed by atoms with Gasteiger partial charge in [-0.3, -0.25) is 9.78 Å². The van der Waals surface area contributed by atoms with Crippen LogP contribution in [0.5, 0.6) is 0 Å². The van der Waals surface area contributed by atoms with E-state index in [4.69, 9.17) is 5.10 Å². The van der Waals surface area contributed by atoms with Crippen LogP contribution in [-0.2, 0) is 11.3 Å². The van der Waals surface area contributed by atoms with Gasteiger partial charge in [0.15, 0.2) is 0 Å². The van der Waals surface area contributed by atoms with Gasteiger partial charge in [0.05, 0.1) is 16.7 Å². The summed E-state index contributed by atoms with van der Waals surface area (Å²) in [4.78, 5) is 16.9. The maximum atomic E-state index is 12.4. The molecule has 1 unspecified atom stereocenters. The van der Waals surface area contributed by atoms with Gasteiger partial charge >= 0.3 is 0 Å². The third-order valence-corrected chi connectivity index (χ3v) is 6.36. The highest BCUT2D eigenvalue weighted by Gasteiger charge is 2.32. The number of pyridine rings is 1. The van der Waals surface area contributed by atoms with E-state index in [0.29, 0.717) is 12.3 Å². The van der Waals surface area contributed by atoms with Crippen molar-refractivity contribution < 1.29 is 4.79 Å². The quantitative estimate of drug-likeness (QED) is 0.631. The summed E-state index contributed by atoms with van der Waals surface area (Å²) in [6.07, 6.45) is 1.77. The van der Waals surface area contributed by atoms with Gasteiger partial charge in [-0.2, -0.15) is 5.10 Å². The van der Waals surface area contributed by atoms with E-state index in [2.05, 4.69) is 45.3 Å². The monoisotopic (exact) mass is 442 g/mol. The Balaban J connectivity index is 1.97. The fourth-order valence-electron chi connectivity index (χ4n) is 3.37. The van der Waals surface area contributed by atoms with E-state index in [1.54, 1.807) is 18.0 Å². The van der Waals surface area contributed by atoms with Crippen molar-refractivity contribution in [2.75, 3.05) is 11.1 Å². The molecule has 0 aliphatic carbocycles. The summed E-state index contributed by atoms with van der Waals surface area (Å²) >= 11 is 5.18. The minimum absolute atomic E-state index is 0.000635. The standard InChI is InChI=1S/C20H19BrN4OS/c1-3-25-20-17(18(24-25)15-6-4-5-9-22-15)19(27-11-16(26)23-20)14-8-7-13(21)10-12(14)2/h4-10,19H,3,11H2,1-2H3,(H,23,26). The smallest absolute Gasteiger partial charge is 0.235 e. The Morgan fingerprint density at radius 2 is 2.19 bits per heavy atom. The molecule has 5 nitrogen and oxygen atoms in total. The van der Waals surface area contributed by atoms with E-state index in [1.165, 1.54) is 11.1 Å². The van der Waals surface area contributed by atoms with Crippen LogP contribution in [0, 0.1) is 6.92 Å². The Labute approximate surface area is 170 Å². The summed E-state index contributed by atoms with van der Waals surface area (Å²) in [5.74, 6) is 1.18. The molecular formula is C20H19BrN4OS. The number of rotatable bonds is 3. The highest BCUT2D eigenvalue weighted by Crippen LogP contribution is 2.46. The van der Waals surface area contributed by atoms with Crippen LogP contribution in [0.25, 0.3) is 11.4 Å². The van der Waals surface area contributed by atoms with Crippen molar-refractivity contribution in [2.24, 2.45) is 0 Å². The second-order valence-electron chi connectivity index (χ2n) is 6.38. The number of fused-ring (bicyclic) bond motifs is 1. The summed E-state index contributed by atoms with van der Waals surface area (Å²) < 4.78 is 2.91. The minimum Gasteiger partial charge on any atom is -0.310 e. The molecule has 0 radical (unpaired) electrons. The van der Waals surface area contributed by atoms with E-state index >= 15 is 0 Å². The molecule has 0 saturated carbocycles. The average molecular weight is 443 g/mol. The predicted molar refractivity (Wildman–Crippen MR) is 113 cm³/mol. The van der Waals surface area contributed by atoms with Crippen molar-refractivity contribution in [2.45, 2.75) is 25.6 Å². The zero-order valence-electron chi connectivity index (χ0n) is 15.1. The molecule has 2 aromatic heterocycles. The first-order valence-corrected chi connectivity index (χ1v) is 10.6. The second kappa shape index (κ2) is 7.48. The summed E-state index contributed by atoms with van der Waals surface area (Å²) in [5.41, 5.74) is 5.04. The number of amides is 1. The maximum Gasteiger partial charge on any atom is 0.235 e. The third-order valence-electron chi connectivity index (χ3n) is 4.61. The minimum atomic E-state index is 0.000635. The molecule has 0 fully saturated rings.